The molecule has 5 nitrogen and oxygen atoms in total. The van der Waals surface area contributed by atoms with E-state index in [9.17, 15) is 9.90 Å². The largest absolute Gasteiger partial charge is 0.493 e. The molecule has 4 aliphatic rings. The molecule has 4 saturated carbocycles. The molecule has 4 bridgehead atoms. The molecule has 0 heterocycles. The molecule has 0 saturated heterocycles. The van der Waals surface area contributed by atoms with Gasteiger partial charge in [0.1, 0.15) is 5.75 Å². The Balaban J connectivity index is 1.05. The van der Waals surface area contributed by atoms with Gasteiger partial charge >= 0.3 is 5.97 Å². The minimum Gasteiger partial charge on any atom is -0.493 e. The minimum atomic E-state index is -0.947. The highest BCUT2D eigenvalue weighted by atomic mass is 16.5. The van der Waals surface area contributed by atoms with E-state index in [2.05, 4.69) is 34.9 Å². The second-order valence-corrected chi connectivity index (χ2v) is 10.9. The molecule has 0 spiro atoms. The van der Waals surface area contributed by atoms with E-state index in [1.807, 2.05) is 30.3 Å². The summed E-state index contributed by atoms with van der Waals surface area (Å²) in [5, 5.41) is 16.0. The van der Waals surface area contributed by atoms with Crippen molar-refractivity contribution in [3.63, 3.8) is 0 Å². The molecule has 3 aromatic carbocycles. The lowest BCUT2D eigenvalue weighted by molar-refractivity contribution is -0.0745. The zero-order valence-corrected chi connectivity index (χ0v) is 19.9. The number of carboxylic acid groups (broad SMARTS) is 1. The molecule has 0 aromatic heterocycles. The fourth-order valence-corrected chi connectivity index (χ4v) is 7.08. The summed E-state index contributed by atoms with van der Waals surface area (Å²) < 4.78 is 6.32. The van der Waals surface area contributed by atoms with Crippen molar-refractivity contribution in [2.24, 2.45) is 23.2 Å². The summed E-state index contributed by atoms with van der Waals surface area (Å²) in [6, 6.07) is 23.0. The number of hydrogen-bond donors (Lipinski definition) is 3. The van der Waals surface area contributed by atoms with Crippen LogP contribution >= 0.6 is 0 Å². The normalized spacial score (nSPS) is 26.3. The molecular weight excluding hydrogens is 436 g/mol. The Kier molecular flexibility index (Phi) is 5.63. The van der Waals surface area contributed by atoms with Gasteiger partial charge in [-0.1, -0.05) is 12.1 Å². The monoisotopic (exact) mass is 468 g/mol. The van der Waals surface area contributed by atoms with Gasteiger partial charge in [0, 0.05) is 22.5 Å². The van der Waals surface area contributed by atoms with Crippen molar-refractivity contribution in [3.8, 4) is 5.75 Å². The highest BCUT2D eigenvalue weighted by Crippen LogP contribution is 2.60. The SMILES string of the molecule is O=C(O)c1ccccc1Nc1ccc(Nc2ccc(OCC34CC5CC(CC(C5)C3)C4)cc2)cc1. The molecule has 3 aromatic rings. The van der Waals surface area contributed by atoms with Crippen molar-refractivity contribution < 1.29 is 14.6 Å². The van der Waals surface area contributed by atoms with E-state index in [1.54, 1.807) is 18.2 Å². The number of nitrogens with one attached hydrogen (secondary N) is 2. The average Bonchev–Trinajstić information content (AvgIpc) is 2.84. The number of hydrogen-bond acceptors (Lipinski definition) is 4. The van der Waals surface area contributed by atoms with Crippen molar-refractivity contribution in [3.05, 3.63) is 78.4 Å². The molecule has 0 radical (unpaired) electrons. The highest BCUT2D eigenvalue weighted by Gasteiger charge is 2.51. The van der Waals surface area contributed by atoms with Crippen LogP contribution in [0.5, 0.6) is 5.75 Å². The first-order chi connectivity index (χ1) is 17.0. The van der Waals surface area contributed by atoms with Crippen LogP contribution in [-0.2, 0) is 0 Å². The van der Waals surface area contributed by atoms with Crippen LogP contribution in [0.3, 0.4) is 0 Å². The van der Waals surface area contributed by atoms with Gasteiger partial charge in [-0.3, -0.25) is 0 Å². The zero-order valence-electron chi connectivity index (χ0n) is 19.9. The topological polar surface area (TPSA) is 70.6 Å². The molecule has 3 N–H and O–H groups in total. The zero-order chi connectivity index (χ0) is 23.8. The van der Waals surface area contributed by atoms with Crippen molar-refractivity contribution >= 4 is 28.7 Å². The summed E-state index contributed by atoms with van der Waals surface area (Å²) >= 11 is 0. The van der Waals surface area contributed by atoms with Crippen LogP contribution in [0.1, 0.15) is 48.9 Å². The predicted octanol–water partition coefficient (Wildman–Crippen LogP) is 7.47. The number of carbonyl (C=O) groups is 1. The van der Waals surface area contributed by atoms with Gasteiger partial charge in [0.2, 0.25) is 0 Å². The Morgan fingerprint density at radius 3 is 1.86 bits per heavy atom. The smallest absolute Gasteiger partial charge is 0.337 e. The van der Waals surface area contributed by atoms with E-state index in [0.29, 0.717) is 11.1 Å². The Hall–Kier alpha value is -3.47. The van der Waals surface area contributed by atoms with E-state index >= 15 is 0 Å². The maximum atomic E-state index is 11.4. The van der Waals surface area contributed by atoms with Crippen LogP contribution in [0.4, 0.5) is 22.7 Å². The molecule has 4 aliphatic carbocycles. The Morgan fingerprint density at radius 1 is 0.771 bits per heavy atom. The summed E-state index contributed by atoms with van der Waals surface area (Å²) in [5.74, 6) is 2.85. The number of benzene rings is 3. The van der Waals surface area contributed by atoms with E-state index < -0.39 is 5.97 Å². The second kappa shape index (κ2) is 8.95. The summed E-state index contributed by atoms with van der Waals surface area (Å²) in [6.07, 6.45) is 8.49. The molecule has 35 heavy (non-hydrogen) atoms. The number of rotatable bonds is 8. The third-order valence-corrected chi connectivity index (χ3v) is 8.17. The predicted molar refractivity (Wildman–Crippen MR) is 139 cm³/mol. The van der Waals surface area contributed by atoms with Crippen LogP contribution in [0.2, 0.25) is 0 Å². The first-order valence-electron chi connectivity index (χ1n) is 12.7. The molecule has 0 aliphatic heterocycles. The van der Waals surface area contributed by atoms with Gasteiger partial charge in [-0.2, -0.15) is 0 Å². The highest BCUT2D eigenvalue weighted by molar-refractivity contribution is 5.95. The van der Waals surface area contributed by atoms with E-state index in [1.165, 1.54) is 38.5 Å². The van der Waals surface area contributed by atoms with Crippen LogP contribution in [0, 0.1) is 23.2 Å². The number of anilines is 4. The van der Waals surface area contributed by atoms with Gasteiger partial charge < -0.3 is 20.5 Å². The lowest BCUT2D eigenvalue weighted by Gasteiger charge is -2.56. The summed E-state index contributed by atoms with van der Waals surface area (Å²) in [7, 11) is 0. The Bertz CT molecular complexity index is 1170. The number of para-hydroxylation sites is 1. The summed E-state index contributed by atoms with van der Waals surface area (Å²) in [6.45, 7) is 0.864. The lowest BCUT2D eigenvalue weighted by Crippen LogP contribution is -2.48. The first kappa shape index (κ1) is 22.0. The van der Waals surface area contributed by atoms with Crippen molar-refractivity contribution in [2.75, 3.05) is 17.2 Å². The standard InChI is InChI=1S/C30H32N2O3/c33-29(34)27-3-1-2-4-28(27)32-25-7-5-23(6-8-25)31-24-9-11-26(12-10-24)35-19-30-16-20-13-21(17-30)15-22(14-20)18-30/h1-12,20-22,31-32H,13-19H2,(H,33,34). The average molecular weight is 469 g/mol. The van der Waals surface area contributed by atoms with Crippen molar-refractivity contribution in [1.29, 1.82) is 0 Å². The maximum absolute atomic E-state index is 11.4. The number of carboxylic acids is 1. The van der Waals surface area contributed by atoms with Crippen molar-refractivity contribution in [1.82, 2.24) is 0 Å². The van der Waals surface area contributed by atoms with E-state index in [0.717, 1.165) is 47.2 Å². The minimum absolute atomic E-state index is 0.250. The lowest BCUT2D eigenvalue weighted by atomic mass is 9.50. The van der Waals surface area contributed by atoms with Gasteiger partial charge in [0.05, 0.1) is 17.9 Å². The molecule has 4 fully saturated rings. The fourth-order valence-electron chi connectivity index (χ4n) is 7.08. The van der Waals surface area contributed by atoms with E-state index in [4.69, 9.17) is 4.74 Å². The molecule has 0 atom stereocenters. The van der Waals surface area contributed by atoms with Gasteiger partial charge in [-0.05, 0) is 117 Å². The maximum Gasteiger partial charge on any atom is 0.337 e. The Morgan fingerprint density at radius 2 is 1.29 bits per heavy atom. The quantitative estimate of drug-likeness (QED) is 0.320. The molecule has 5 heteroatoms. The number of ether oxygens (including phenoxy) is 1. The van der Waals surface area contributed by atoms with E-state index in [-0.39, 0.29) is 5.56 Å². The third-order valence-electron chi connectivity index (χ3n) is 8.17. The summed E-state index contributed by atoms with van der Waals surface area (Å²) in [4.78, 5) is 11.4. The van der Waals surface area contributed by atoms with Gasteiger partial charge in [0.15, 0.2) is 0 Å². The molecular formula is C30H32N2O3. The number of aromatic carboxylic acids is 1. The van der Waals surface area contributed by atoms with Crippen LogP contribution in [0.15, 0.2) is 72.8 Å². The van der Waals surface area contributed by atoms with Crippen LogP contribution < -0.4 is 15.4 Å². The molecule has 7 rings (SSSR count). The molecule has 180 valence electrons. The van der Waals surface area contributed by atoms with Gasteiger partial charge in [-0.25, -0.2) is 4.79 Å². The molecule has 0 unspecified atom stereocenters. The van der Waals surface area contributed by atoms with Crippen LogP contribution in [0.25, 0.3) is 0 Å². The van der Waals surface area contributed by atoms with Crippen LogP contribution in [-0.4, -0.2) is 17.7 Å². The summed E-state index contributed by atoms with van der Waals surface area (Å²) in [5.41, 5.74) is 4.04. The van der Waals surface area contributed by atoms with Gasteiger partial charge in [-0.15, -0.1) is 0 Å². The first-order valence-corrected chi connectivity index (χ1v) is 12.7. The van der Waals surface area contributed by atoms with Crippen molar-refractivity contribution in [2.45, 2.75) is 38.5 Å². The fraction of sp³-hybridized carbons (Fsp3) is 0.367. The third kappa shape index (κ3) is 4.72. The second-order valence-electron chi connectivity index (χ2n) is 10.9. The molecule has 0 amide bonds. The Labute approximate surface area is 206 Å². The van der Waals surface area contributed by atoms with Gasteiger partial charge in [0.25, 0.3) is 0 Å².